The van der Waals surface area contributed by atoms with Crippen LogP contribution >= 0.6 is 23.7 Å². The van der Waals surface area contributed by atoms with Crippen LogP contribution in [0.4, 0.5) is 19.0 Å². The summed E-state index contributed by atoms with van der Waals surface area (Å²) in [5.74, 6) is 1.28. The van der Waals surface area contributed by atoms with Gasteiger partial charge in [0.25, 0.3) is 0 Å². The zero-order valence-electron chi connectivity index (χ0n) is 13.4. The van der Waals surface area contributed by atoms with E-state index in [0.29, 0.717) is 21.9 Å². The molecule has 134 valence electrons. The number of alkyl halides is 3. The summed E-state index contributed by atoms with van der Waals surface area (Å²) in [5, 5.41) is 0.697. The molecule has 1 aliphatic rings. The van der Waals surface area contributed by atoms with Gasteiger partial charge in [0.2, 0.25) is 0 Å². The van der Waals surface area contributed by atoms with Gasteiger partial charge >= 0.3 is 6.18 Å². The van der Waals surface area contributed by atoms with Crippen molar-refractivity contribution in [1.82, 2.24) is 9.97 Å². The molecular formula is C15H20ClF3N4S. The van der Waals surface area contributed by atoms with Gasteiger partial charge < -0.3 is 10.6 Å². The molecule has 0 radical (unpaired) electrons. The van der Waals surface area contributed by atoms with Crippen LogP contribution in [-0.2, 0) is 6.42 Å². The summed E-state index contributed by atoms with van der Waals surface area (Å²) >= 11 is 1.09. The maximum absolute atomic E-state index is 12.6. The molecule has 4 nitrogen and oxygen atoms in total. The molecule has 1 saturated carbocycles. The Bertz CT molecular complexity index is 719. The van der Waals surface area contributed by atoms with Gasteiger partial charge in [-0.15, -0.1) is 23.7 Å². The van der Waals surface area contributed by atoms with E-state index in [-0.39, 0.29) is 29.4 Å². The third-order valence-electron chi connectivity index (χ3n) is 4.24. The molecule has 0 bridgehead atoms. The second-order valence-electron chi connectivity index (χ2n) is 6.16. The average Bonchev–Trinajstić information content (AvgIpc) is 3.00. The minimum atomic E-state index is -4.21. The number of nitrogens with two attached hydrogens (primary N) is 1. The van der Waals surface area contributed by atoms with Gasteiger partial charge in [-0.05, 0) is 32.3 Å². The number of anilines is 1. The molecule has 2 aromatic heterocycles. The molecular weight excluding hydrogens is 361 g/mol. The quantitative estimate of drug-likeness (QED) is 0.878. The smallest absolute Gasteiger partial charge is 0.356 e. The van der Waals surface area contributed by atoms with Crippen LogP contribution < -0.4 is 10.6 Å². The third kappa shape index (κ3) is 4.10. The Hall–Kier alpha value is -1.12. The Balaban J connectivity index is 0.00000208. The van der Waals surface area contributed by atoms with Crippen molar-refractivity contribution >= 4 is 39.8 Å². The molecule has 0 saturated heterocycles. The van der Waals surface area contributed by atoms with Gasteiger partial charge in [0.05, 0.1) is 11.8 Å². The minimum Gasteiger partial charge on any atom is -0.356 e. The fourth-order valence-corrected chi connectivity index (χ4v) is 4.23. The largest absolute Gasteiger partial charge is 0.393 e. The molecule has 0 spiro atoms. The van der Waals surface area contributed by atoms with Gasteiger partial charge in [-0.1, -0.05) is 0 Å². The summed E-state index contributed by atoms with van der Waals surface area (Å²) < 4.78 is 37.9. The fraction of sp³-hybridized carbons (Fsp3) is 0.600. The highest BCUT2D eigenvalue weighted by atomic mass is 35.5. The first-order valence-electron chi connectivity index (χ1n) is 7.55. The molecule has 24 heavy (non-hydrogen) atoms. The second-order valence-corrected chi connectivity index (χ2v) is 7.27. The third-order valence-corrected chi connectivity index (χ3v) is 5.27. The summed E-state index contributed by atoms with van der Waals surface area (Å²) in [6, 6.07) is 2.03. The summed E-state index contributed by atoms with van der Waals surface area (Å²) in [7, 11) is 1.94. The molecule has 2 aromatic rings. The van der Waals surface area contributed by atoms with Crippen LogP contribution in [0.15, 0.2) is 6.07 Å². The molecule has 2 N–H and O–H groups in total. The molecule has 3 rings (SSSR count). The lowest BCUT2D eigenvalue weighted by Crippen LogP contribution is -2.31. The zero-order valence-corrected chi connectivity index (χ0v) is 15.1. The second kappa shape index (κ2) is 7.01. The first-order valence-corrected chi connectivity index (χ1v) is 8.37. The van der Waals surface area contributed by atoms with Crippen LogP contribution in [0.1, 0.15) is 30.0 Å². The average molecular weight is 381 g/mol. The Morgan fingerprint density at radius 1 is 1.33 bits per heavy atom. The summed E-state index contributed by atoms with van der Waals surface area (Å²) in [6.07, 6.45) is -2.33. The number of halogens is 4. The van der Waals surface area contributed by atoms with E-state index in [9.17, 15) is 13.2 Å². The number of rotatable bonds is 3. The Kier molecular flexibility index (Phi) is 5.61. The highest BCUT2D eigenvalue weighted by Crippen LogP contribution is 2.36. The molecule has 0 aromatic carbocycles. The number of aryl methyl sites for hydroxylation is 1. The van der Waals surface area contributed by atoms with E-state index in [0.717, 1.165) is 30.6 Å². The van der Waals surface area contributed by atoms with E-state index < -0.39 is 12.6 Å². The van der Waals surface area contributed by atoms with Crippen molar-refractivity contribution in [2.45, 2.75) is 50.9 Å². The first kappa shape index (κ1) is 19.2. The SMILES string of the molecule is Cc1nc(N(C)C2CCC(N)C2)c2cc(CC(F)(F)F)sc2n1.Cl. The van der Waals surface area contributed by atoms with E-state index in [1.54, 1.807) is 13.0 Å². The molecule has 2 unspecified atom stereocenters. The van der Waals surface area contributed by atoms with Gasteiger partial charge in [-0.2, -0.15) is 13.2 Å². The maximum Gasteiger partial charge on any atom is 0.393 e. The van der Waals surface area contributed by atoms with Crippen molar-refractivity contribution in [3.63, 3.8) is 0 Å². The predicted molar refractivity (Wildman–Crippen MR) is 93.2 cm³/mol. The Labute approximate surface area is 148 Å². The zero-order chi connectivity index (χ0) is 16.8. The number of fused-ring (bicyclic) bond motifs is 1. The molecule has 1 aliphatic carbocycles. The van der Waals surface area contributed by atoms with E-state index in [1.165, 1.54) is 0 Å². The standard InChI is InChI=1S/C15H19F3N4S.ClH/c1-8-20-13(22(2)10-4-3-9(19)5-10)12-6-11(7-15(16,17)18)23-14(12)21-8;/h6,9-10H,3-5,7,19H2,1-2H3;1H. The van der Waals surface area contributed by atoms with E-state index in [4.69, 9.17) is 5.73 Å². The number of hydrogen-bond acceptors (Lipinski definition) is 5. The monoisotopic (exact) mass is 380 g/mol. The first-order chi connectivity index (χ1) is 10.7. The number of aromatic nitrogens is 2. The fourth-order valence-electron chi connectivity index (χ4n) is 3.13. The van der Waals surface area contributed by atoms with Crippen LogP contribution in [0.3, 0.4) is 0 Å². The van der Waals surface area contributed by atoms with Crippen molar-refractivity contribution < 1.29 is 13.2 Å². The van der Waals surface area contributed by atoms with Crippen LogP contribution in [-0.4, -0.2) is 35.3 Å². The highest BCUT2D eigenvalue weighted by molar-refractivity contribution is 7.18. The van der Waals surface area contributed by atoms with Crippen LogP contribution in [0.5, 0.6) is 0 Å². The Morgan fingerprint density at radius 2 is 2.04 bits per heavy atom. The van der Waals surface area contributed by atoms with Gasteiger partial charge in [-0.3, -0.25) is 0 Å². The van der Waals surface area contributed by atoms with Crippen LogP contribution in [0.25, 0.3) is 10.2 Å². The van der Waals surface area contributed by atoms with Crippen LogP contribution in [0.2, 0.25) is 0 Å². The van der Waals surface area contributed by atoms with Crippen molar-refractivity contribution in [3.8, 4) is 0 Å². The molecule has 0 amide bonds. The summed E-state index contributed by atoms with van der Waals surface area (Å²) in [4.78, 5) is 11.7. The molecule has 0 aliphatic heterocycles. The van der Waals surface area contributed by atoms with E-state index in [1.807, 2.05) is 11.9 Å². The predicted octanol–water partition coefficient (Wildman–Crippen LogP) is 3.84. The number of thiophene rings is 1. The topological polar surface area (TPSA) is 55.0 Å². The van der Waals surface area contributed by atoms with Crippen molar-refractivity contribution in [2.24, 2.45) is 5.73 Å². The summed E-state index contributed by atoms with van der Waals surface area (Å²) in [6.45, 7) is 1.76. The maximum atomic E-state index is 12.6. The van der Waals surface area contributed by atoms with Crippen molar-refractivity contribution in [1.29, 1.82) is 0 Å². The Morgan fingerprint density at radius 3 is 2.62 bits per heavy atom. The lowest BCUT2D eigenvalue weighted by Gasteiger charge is -2.26. The van der Waals surface area contributed by atoms with Gasteiger partial charge in [0, 0.05) is 24.0 Å². The lowest BCUT2D eigenvalue weighted by atomic mass is 10.2. The lowest BCUT2D eigenvalue weighted by molar-refractivity contribution is -0.126. The van der Waals surface area contributed by atoms with Crippen molar-refractivity contribution in [3.05, 3.63) is 16.8 Å². The van der Waals surface area contributed by atoms with Gasteiger partial charge in [0.15, 0.2) is 0 Å². The van der Waals surface area contributed by atoms with Gasteiger partial charge in [-0.25, -0.2) is 9.97 Å². The summed E-state index contributed by atoms with van der Waals surface area (Å²) in [5.41, 5.74) is 5.97. The molecule has 1 fully saturated rings. The van der Waals surface area contributed by atoms with E-state index >= 15 is 0 Å². The van der Waals surface area contributed by atoms with Gasteiger partial charge in [0.1, 0.15) is 16.5 Å². The molecule has 2 heterocycles. The van der Waals surface area contributed by atoms with E-state index in [2.05, 4.69) is 9.97 Å². The van der Waals surface area contributed by atoms with Crippen molar-refractivity contribution in [2.75, 3.05) is 11.9 Å². The highest BCUT2D eigenvalue weighted by Gasteiger charge is 2.30. The number of hydrogen-bond donors (Lipinski definition) is 1. The normalized spacial score (nSPS) is 21.1. The number of nitrogens with zero attached hydrogens (tertiary/aromatic N) is 3. The molecule has 9 heteroatoms. The minimum absolute atomic E-state index is 0. The molecule has 2 atom stereocenters. The van der Waals surface area contributed by atoms with Crippen LogP contribution in [0, 0.1) is 6.92 Å².